The maximum atomic E-state index is 12.0. The number of urea groups is 1. The summed E-state index contributed by atoms with van der Waals surface area (Å²) in [6.45, 7) is 0. The van der Waals surface area contributed by atoms with Crippen LogP contribution in [0, 0.1) is 0 Å². The molecule has 2 rings (SSSR count). The van der Waals surface area contributed by atoms with Crippen LogP contribution in [0.5, 0.6) is 0 Å². The molecule has 3 N–H and O–H groups in total. The van der Waals surface area contributed by atoms with E-state index in [1.165, 1.54) is 18.2 Å². The number of benzene rings is 1. The van der Waals surface area contributed by atoms with Crippen LogP contribution in [-0.4, -0.2) is 30.3 Å². The van der Waals surface area contributed by atoms with E-state index >= 15 is 0 Å². The monoisotopic (exact) mass is 366 g/mol. The molecule has 2 atom stereocenters. The van der Waals surface area contributed by atoms with Gasteiger partial charge in [0.05, 0.1) is 0 Å². The Balaban J connectivity index is 2.04. The molecule has 1 saturated carbocycles. The summed E-state index contributed by atoms with van der Waals surface area (Å²) in [7, 11) is -4.19. The van der Waals surface area contributed by atoms with Gasteiger partial charge in [-0.1, -0.05) is 36.0 Å². The van der Waals surface area contributed by atoms with Gasteiger partial charge >= 0.3 is 6.03 Å². The summed E-state index contributed by atoms with van der Waals surface area (Å²) in [5, 5.41) is 4.90. The topological polar surface area (TPSA) is 95.5 Å². The van der Waals surface area contributed by atoms with Gasteiger partial charge in [-0.3, -0.25) is 4.55 Å². The van der Waals surface area contributed by atoms with Crippen LogP contribution >= 0.6 is 23.2 Å². The van der Waals surface area contributed by atoms with E-state index in [-0.39, 0.29) is 0 Å². The predicted octanol–water partition coefficient (Wildman–Crippen LogP) is 3.31. The van der Waals surface area contributed by atoms with Gasteiger partial charge in [0.1, 0.15) is 5.25 Å². The Morgan fingerprint density at radius 1 is 1.14 bits per heavy atom. The molecule has 1 aliphatic carbocycles. The summed E-state index contributed by atoms with van der Waals surface area (Å²) in [6.07, 6.45) is 2.31. The van der Waals surface area contributed by atoms with Gasteiger partial charge < -0.3 is 10.6 Å². The third-order valence-electron chi connectivity index (χ3n) is 3.52. The Kier molecular flexibility index (Phi) is 5.55. The highest BCUT2D eigenvalue weighted by Gasteiger charge is 2.35. The SMILES string of the molecule is O=C(Nc1cc(Cl)cc(Cl)c1)N[C@H]1CCCC[C@@H]1S(=O)(=O)O. The highest BCUT2D eigenvalue weighted by Crippen LogP contribution is 2.25. The number of carbonyl (C=O) groups excluding carboxylic acids is 1. The number of rotatable bonds is 3. The second-order valence-corrected chi connectivity index (χ2v) is 7.71. The fraction of sp³-hybridized carbons (Fsp3) is 0.462. The molecular formula is C13H16Cl2N2O4S. The van der Waals surface area contributed by atoms with E-state index in [1.54, 1.807) is 0 Å². The molecule has 0 saturated heterocycles. The van der Waals surface area contributed by atoms with E-state index < -0.39 is 27.4 Å². The first kappa shape index (κ1) is 17.3. The third kappa shape index (κ3) is 4.74. The van der Waals surface area contributed by atoms with Crippen LogP contribution in [0.2, 0.25) is 10.0 Å². The molecule has 0 aliphatic heterocycles. The van der Waals surface area contributed by atoms with E-state index in [9.17, 15) is 17.8 Å². The number of carbonyl (C=O) groups is 1. The second-order valence-electron chi connectivity index (χ2n) is 5.20. The first-order chi connectivity index (χ1) is 10.3. The average molecular weight is 367 g/mol. The number of amides is 2. The molecule has 1 aromatic carbocycles. The molecule has 22 heavy (non-hydrogen) atoms. The van der Waals surface area contributed by atoms with E-state index in [4.69, 9.17) is 23.2 Å². The van der Waals surface area contributed by atoms with Crippen LogP contribution in [0.3, 0.4) is 0 Å². The summed E-state index contributed by atoms with van der Waals surface area (Å²) >= 11 is 11.7. The molecule has 2 amide bonds. The zero-order chi connectivity index (χ0) is 16.3. The van der Waals surface area contributed by atoms with Gasteiger partial charge in [0.15, 0.2) is 0 Å². The summed E-state index contributed by atoms with van der Waals surface area (Å²) in [5.41, 5.74) is 0.397. The molecule has 1 aromatic rings. The zero-order valence-corrected chi connectivity index (χ0v) is 13.9. The van der Waals surface area contributed by atoms with Crippen LogP contribution < -0.4 is 10.6 Å². The third-order valence-corrected chi connectivity index (χ3v) is 5.29. The van der Waals surface area contributed by atoms with Crippen LogP contribution in [-0.2, 0) is 10.1 Å². The smallest absolute Gasteiger partial charge is 0.319 e. The Morgan fingerprint density at radius 2 is 1.73 bits per heavy atom. The minimum atomic E-state index is -4.19. The minimum Gasteiger partial charge on any atom is -0.334 e. The lowest BCUT2D eigenvalue weighted by Crippen LogP contribution is -2.49. The van der Waals surface area contributed by atoms with Crippen molar-refractivity contribution in [3.63, 3.8) is 0 Å². The molecule has 122 valence electrons. The van der Waals surface area contributed by atoms with E-state index in [2.05, 4.69) is 10.6 Å². The molecule has 0 bridgehead atoms. The number of hydrogen-bond acceptors (Lipinski definition) is 3. The Labute approximate surface area is 138 Å². The van der Waals surface area contributed by atoms with Crippen molar-refractivity contribution in [1.29, 1.82) is 0 Å². The molecule has 6 nitrogen and oxygen atoms in total. The van der Waals surface area contributed by atoms with Crippen molar-refractivity contribution in [2.24, 2.45) is 0 Å². The lowest BCUT2D eigenvalue weighted by molar-refractivity contribution is 0.244. The first-order valence-electron chi connectivity index (χ1n) is 6.75. The van der Waals surface area contributed by atoms with Crippen LogP contribution in [0.1, 0.15) is 25.7 Å². The predicted molar refractivity (Wildman–Crippen MR) is 86.2 cm³/mol. The number of nitrogens with one attached hydrogen (secondary N) is 2. The fourth-order valence-corrected chi connectivity index (χ4v) is 4.19. The molecule has 1 fully saturated rings. The number of anilines is 1. The van der Waals surface area contributed by atoms with Crippen molar-refractivity contribution in [3.8, 4) is 0 Å². The highest BCUT2D eigenvalue weighted by molar-refractivity contribution is 7.86. The van der Waals surface area contributed by atoms with Crippen LogP contribution in [0.25, 0.3) is 0 Å². The van der Waals surface area contributed by atoms with E-state index in [0.717, 1.165) is 6.42 Å². The first-order valence-corrected chi connectivity index (χ1v) is 9.01. The second kappa shape index (κ2) is 7.04. The lowest BCUT2D eigenvalue weighted by atomic mass is 9.95. The van der Waals surface area contributed by atoms with Gasteiger partial charge in [-0.15, -0.1) is 0 Å². The average Bonchev–Trinajstić information content (AvgIpc) is 2.36. The molecule has 1 aliphatic rings. The molecule has 9 heteroatoms. The largest absolute Gasteiger partial charge is 0.334 e. The normalized spacial score (nSPS) is 22.1. The Bertz CT molecular complexity index is 646. The minimum absolute atomic E-state index is 0.326. The molecule has 0 unspecified atom stereocenters. The molecule has 0 radical (unpaired) electrons. The van der Waals surface area contributed by atoms with Gasteiger partial charge in [0.25, 0.3) is 10.1 Å². The Hall–Kier alpha value is -1.02. The zero-order valence-electron chi connectivity index (χ0n) is 11.6. The van der Waals surface area contributed by atoms with Crippen molar-refractivity contribution in [1.82, 2.24) is 5.32 Å². The number of halogens is 2. The molecule has 0 spiro atoms. The van der Waals surface area contributed by atoms with Crippen LogP contribution in [0.15, 0.2) is 18.2 Å². The Morgan fingerprint density at radius 3 is 2.32 bits per heavy atom. The summed E-state index contributed by atoms with van der Waals surface area (Å²) in [6, 6.07) is 3.38. The standard InChI is InChI=1S/C13H16Cl2N2O4S/c14-8-5-9(15)7-10(6-8)16-13(18)17-11-3-1-2-4-12(11)22(19,20)21/h5-7,11-12H,1-4H2,(H2,16,17,18)(H,19,20,21)/t11-,12-/m0/s1. The van der Waals surface area contributed by atoms with E-state index in [1.807, 2.05) is 0 Å². The molecule has 0 aromatic heterocycles. The van der Waals surface area contributed by atoms with Crippen LogP contribution in [0.4, 0.5) is 10.5 Å². The van der Waals surface area contributed by atoms with Crippen molar-refractivity contribution >= 4 is 45.0 Å². The van der Waals surface area contributed by atoms with Gasteiger partial charge in [0, 0.05) is 21.8 Å². The lowest BCUT2D eigenvalue weighted by Gasteiger charge is -2.29. The highest BCUT2D eigenvalue weighted by atomic mass is 35.5. The summed E-state index contributed by atoms with van der Waals surface area (Å²) < 4.78 is 32.0. The molecule has 0 heterocycles. The summed E-state index contributed by atoms with van der Waals surface area (Å²) in [4.78, 5) is 12.0. The van der Waals surface area contributed by atoms with Crippen molar-refractivity contribution in [3.05, 3.63) is 28.2 Å². The van der Waals surface area contributed by atoms with Gasteiger partial charge in [0.2, 0.25) is 0 Å². The fourth-order valence-electron chi connectivity index (χ4n) is 2.58. The van der Waals surface area contributed by atoms with Crippen molar-refractivity contribution < 1.29 is 17.8 Å². The van der Waals surface area contributed by atoms with Crippen molar-refractivity contribution in [2.75, 3.05) is 5.32 Å². The molecular weight excluding hydrogens is 351 g/mol. The maximum Gasteiger partial charge on any atom is 0.319 e. The number of hydrogen-bond donors (Lipinski definition) is 3. The van der Waals surface area contributed by atoms with Gasteiger partial charge in [-0.25, -0.2) is 4.79 Å². The van der Waals surface area contributed by atoms with Crippen molar-refractivity contribution in [2.45, 2.75) is 37.0 Å². The quantitative estimate of drug-likeness (QED) is 0.715. The maximum absolute atomic E-state index is 12.0. The van der Waals surface area contributed by atoms with Gasteiger partial charge in [-0.2, -0.15) is 8.42 Å². The van der Waals surface area contributed by atoms with E-state index in [0.29, 0.717) is 35.0 Å². The summed E-state index contributed by atoms with van der Waals surface area (Å²) in [5.74, 6) is 0. The van der Waals surface area contributed by atoms with Gasteiger partial charge in [-0.05, 0) is 31.0 Å².